The lowest BCUT2D eigenvalue weighted by Crippen LogP contribution is -2.20. The van der Waals surface area contributed by atoms with E-state index >= 15 is 0 Å². The van der Waals surface area contributed by atoms with Crippen LogP contribution in [-0.2, 0) is 13.6 Å². The number of anilines is 2. The number of nitrogens with zero attached hydrogens (tertiary/aromatic N) is 5. The van der Waals surface area contributed by atoms with Gasteiger partial charge in [-0.1, -0.05) is 0 Å². The number of rotatable bonds is 4. The first-order valence-corrected chi connectivity index (χ1v) is 5.39. The van der Waals surface area contributed by atoms with Gasteiger partial charge in [0.1, 0.15) is 11.6 Å². The van der Waals surface area contributed by atoms with E-state index in [1.165, 1.54) is 0 Å². The summed E-state index contributed by atoms with van der Waals surface area (Å²) in [7, 11) is 5.77. The van der Waals surface area contributed by atoms with Gasteiger partial charge >= 0.3 is 0 Å². The van der Waals surface area contributed by atoms with E-state index < -0.39 is 0 Å². The number of hydrogen-bond donors (Lipinski definition) is 1. The molecule has 0 aliphatic heterocycles. The van der Waals surface area contributed by atoms with Crippen molar-refractivity contribution in [3.05, 3.63) is 30.5 Å². The highest BCUT2D eigenvalue weighted by molar-refractivity contribution is 5.41. The van der Waals surface area contributed by atoms with E-state index in [4.69, 9.17) is 0 Å². The first kappa shape index (κ1) is 11.4. The Kier molecular flexibility index (Phi) is 3.22. The summed E-state index contributed by atoms with van der Waals surface area (Å²) >= 11 is 0. The molecule has 0 spiro atoms. The highest BCUT2D eigenvalue weighted by Gasteiger charge is 2.07. The first-order chi connectivity index (χ1) is 8.20. The van der Waals surface area contributed by atoms with Crippen LogP contribution in [0.4, 0.5) is 11.8 Å². The van der Waals surface area contributed by atoms with E-state index in [1.54, 1.807) is 19.4 Å². The Hall–Kier alpha value is -2.11. The smallest absolute Gasteiger partial charge is 0.224 e. The Morgan fingerprint density at radius 1 is 1.35 bits per heavy atom. The maximum Gasteiger partial charge on any atom is 0.224 e. The molecule has 0 amide bonds. The molecule has 0 radical (unpaired) electrons. The molecule has 2 heterocycles. The molecule has 0 unspecified atom stereocenters. The normalized spacial score (nSPS) is 10.3. The minimum absolute atomic E-state index is 0.620. The van der Waals surface area contributed by atoms with E-state index in [9.17, 15) is 0 Å². The lowest BCUT2D eigenvalue weighted by molar-refractivity contribution is 0.755. The van der Waals surface area contributed by atoms with Crippen molar-refractivity contribution in [2.24, 2.45) is 7.05 Å². The fourth-order valence-electron chi connectivity index (χ4n) is 1.52. The standard InChI is InChI=1S/C11H16N6/c1-12-11-14-5-4-9(15-11)17(3)8-10-13-6-7-16(10)2/h4-7H,8H2,1-3H3,(H,12,14,15). The van der Waals surface area contributed by atoms with Crippen molar-refractivity contribution in [1.82, 2.24) is 19.5 Å². The molecule has 2 rings (SSSR count). The summed E-state index contributed by atoms with van der Waals surface area (Å²) < 4.78 is 2.00. The van der Waals surface area contributed by atoms with Crippen molar-refractivity contribution in [1.29, 1.82) is 0 Å². The molecule has 2 aromatic rings. The number of aryl methyl sites for hydroxylation is 1. The second-order valence-electron chi connectivity index (χ2n) is 3.80. The maximum absolute atomic E-state index is 4.37. The number of aromatic nitrogens is 4. The molecule has 0 atom stereocenters. The van der Waals surface area contributed by atoms with Crippen LogP contribution < -0.4 is 10.2 Å². The van der Waals surface area contributed by atoms with Crippen molar-refractivity contribution in [3.63, 3.8) is 0 Å². The molecule has 0 aliphatic carbocycles. The van der Waals surface area contributed by atoms with Gasteiger partial charge in [-0.3, -0.25) is 0 Å². The fraction of sp³-hybridized carbons (Fsp3) is 0.364. The summed E-state index contributed by atoms with van der Waals surface area (Å²) in [5, 5.41) is 2.92. The first-order valence-electron chi connectivity index (χ1n) is 5.39. The Bertz CT molecular complexity index is 492. The van der Waals surface area contributed by atoms with Gasteiger partial charge < -0.3 is 14.8 Å². The molecule has 6 nitrogen and oxygen atoms in total. The number of nitrogens with one attached hydrogen (secondary N) is 1. The lowest BCUT2D eigenvalue weighted by atomic mass is 10.4. The van der Waals surface area contributed by atoms with E-state index in [2.05, 4.69) is 20.3 Å². The van der Waals surface area contributed by atoms with Crippen LogP contribution in [0, 0.1) is 0 Å². The van der Waals surface area contributed by atoms with Gasteiger partial charge in [0.15, 0.2) is 0 Å². The second-order valence-corrected chi connectivity index (χ2v) is 3.80. The zero-order valence-electron chi connectivity index (χ0n) is 10.3. The molecule has 90 valence electrons. The van der Waals surface area contributed by atoms with Gasteiger partial charge in [-0.2, -0.15) is 4.98 Å². The molecule has 0 aliphatic rings. The molecule has 2 aromatic heterocycles. The maximum atomic E-state index is 4.37. The topological polar surface area (TPSA) is 58.9 Å². The number of imidazole rings is 1. The van der Waals surface area contributed by atoms with Crippen molar-refractivity contribution in [2.75, 3.05) is 24.3 Å². The van der Waals surface area contributed by atoms with E-state index in [0.717, 1.165) is 11.6 Å². The van der Waals surface area contributed by atoms with Gasteiger partial charge in [-0.25, -0.2) is 9.97 Å². The van der Waals surface area contributed by atoms with Crippen LogP contribution in [0.1, 0.15) is 5.82 Å². The third-order valence-corrected chi connectivity index (χ3v) is 2.56. The van der Waals surface area contributed by atoms with E-state index in [1.807, 2.05) is 35.8 Å². The summed E-state index contributed by atoms with van der Waals surface area (Å²) in [6.45, 7) is 0.712. The Morgan fingerprint density at radius 3 is 2.82 bits per heavy atom. The van der Waals surface area contributed by atoms with Crippen LogP contribution in [0.5, 0.6) is 0 Å². The van der Waals surface area contributed by atoms with Crippen LogP contribution in [-0.4, -0.2) is 33.6 Å². The average Bonchev–Trinajstić information content (AvgIpc) is 2.75. The molecular formula is C11H16N6. The lowest BCUT2D eigenvalue weighted by Gasteiger charge is -2.17. The van der Waals surface area contributed by atoms with Gasteiger partial charge in [-0.05, 0) is 6.07 Å². The van der Waals surface area contributed by atoms with Gasteiger partial charge in [0.25, 0.3) is 0 Å². The SMILES string of the molecule is CNc1nccc(N(C)Cc2nccn2C)n1. The fourth-order valence-corrected chi connectivity index (χ4v) is 1.52. The zero-order valence-corrected chi connectivity index (χ0v) is 10.3. The van der Waals surface area contributed by atoms with Gasteiger partial charge in [-0.15, -0.1) is 0 Å². The summed E-state index contributed by atoms with van der Waals surface area (Å²) in [6.07, 6.45) is 5.47. The number of hydrogen-bond acceptors (Lipinski definition) is 5. The minimum Gasteiger partial charge on any atom is -0.357 e. The molecule has 1 N–H and O–H groups in total. The van der Waals surface area contributed by atoms with Gasteiger partial charge in [0.2, 0.25) is 5.95 Å². The second kappa shape index (κ2) is 4.82. The quantitative estimate of drug-likeness (QED) is 0.848. The molecular weight excluding hydrogens is 216 g/mol. The van der Waals surface area contributed by atoms with Crippen LogP contribution in [0.25, 0.3) is 0 Å². The summed E-state index contributed by atoms with van der Waals surface area (Å²) in [5.41, 5.74) is 0. The van der Waals surface area contributed by atoms with E-state index in [-0.39, 0.29) is 0 Å². The largest absolute Gasteiger partial charge is 0.357 e. The van der Waals surface area contributed by atoms with Crippen molar-refractivity contribution >= 4 is 11.8 Å². The van der Waals surface area contributed by atoms with Crippen LogP contribution >= 0.6 is 0 Å². The van der Waals surface area contributed by atoms with Crippen molar-refractivity contribution in [3.8, 4) is 0 Å². The average molecular weight is 232 g/mol. The summed E-state index contributed by atoms with van der Waals surface area (Å²) in [6, 6.07) is 1.88. The summed E-state index contributed by atoms with van der Waals surface area (Å²) in [4.78, 5) is 14.8. The van der Waals surface area contributed by atoms with E-state index in [0.29, 0.717) is 12.5 Å². The molecule has 0 fully saturated rings. The van der Waals surface area contributed by atoms with Crippen LogP contribution in [0.2, 0.25) is 0 Å². The molecule has 0 bridgehead atoms. The third-order valence-electron chi connectivity index (χ3n) is 2.56. The highest BCUT2D eigenvalue weighted by atomic mass is 15.2. The Labute approximate surface area is 100 Å². The molecule has 6 heteroatoms. The van der Waals surface area contributed by atoms with Crippen LogP contribution in [0.15, 0.2) is 24.7 Å². The molecule has 0 aromatic carbocycles. The predicted molar refractivity (Wildman–Crippen MR) is 66.9 cm³/mol. The van der Waals surface area contributed by atoms with Gasteiger partial charge in [0, 0.05) is 39.7 Å². The summed E-state index contributed by atoms with van der Waals surface area (Å²) in [5.74, 6) is 2.48. The highest BCUT2D eigenvalue weighted by Crippen LogP contribution is 2.12. The Balaban J connectivity index is 2.14. The molecule has 0 saturated heterocycles. The monoisotopic (exact) mass is 232 g/mol. The predicted octanol–water partition coefficient (Wildman–Crippen LogP) is 0.888. The molecule has 17 heavy (non-hydrogen) atoms. The van der Waals surface area contributed by atoms with Crippen LogP contribution in [0.3, 0.4) is 0 Å². The Morgan fingerprint density at radius 2 is 2.18 bits per heavy atom. The third kappa shape index (κ3) is 2.52. The molecule has 0 saturated carbocycles. The van der Waals surface area contributed by atoms with Crippen molar-refractivity contribution in [2.45, 2.75) is 6.54 Å². The van der Waals surface area contributed by atoms with Crippen molar-refractivity contribution < 1.29 is 0 Å². The minimum atomic E-state index is 0.620. The van der Waals surface area contributed by atoms with Gasteiger partial charge in [0.05, 0.1) is 6.54 Å². The zero-order chi connectivity index (χ0) is 12.3.